The summed E-state index contributed by atoms with van der Waals surface area (Å²) in [4.78, 5) is 11.8. The van der Waals surface area contributed by atoms with Crippen molar-refractivity contribution < 1.29 is 9.18 Å². The Hall–Kier alpha value is -1.81. The van der Waals surface area contributed by atoms with Crippen molar-refractivity contribution >= 4 is 17.7 Å². The number of aryl methyl sites for hydroxylation is 1. The van der Waals surface area contributed by atoms with E-state index < -0.39 is 5.82 Å². The lowest BCUT2D eigenvalue weighted by Gasteiger charge is -2.07. The maximum absolute atomic E-state index is 13.0. The molecule has 2 rings (SSSR count). The van der Waals surface area contributed by atoms with Crippen molar-refractivity contribution in [2.45, 2.75) is 12.7 Å². The molecule has 1 amide bonds. The van der Waals surface area contributed by atoms with Crippen LogP contribution in [0.1, 0.15) is 21.5 Å². The van der Waals surface area contributed by atoms with Crippen molar-refractivity contribution in [3.05, 3.63) is 71.0 Å². The molecule has 0 heterocycles. The molecule has 0 aromatic heterocycles. The molecule has 2 nitrogen and oxygen atoms in total. The second-order valence-electron chi connectivity index (χ2n) is 4.75. The van der Waals surface area contributed by atoms with Gasteiger partial charge in [-0.2, -0.15) is 11.8 Å². The van der Waals surface area contributed by atoms with Crippen LogP contribution in [0.5, 0.6) is 0 Å². The van der Waals surface area contributed by atoms with E-state index in [1.54, 1.807) is 17.8 Å². The molecule has 0 bridgehead atoms. The Kier molecular flexibility index (Phi) is 5.81. The number of halogens is 1. The summed E-state index contributed by atoms with van der Waals surface area (Å²) in [5.74, 6) is 1.14. The van der Waals surface area contributed by atoms with Gasteiger partial charge in [0.1, 0.15) is 5.82 Å². The SMILES string of the molecule is Cc1ccccc1CSCCNC(=O)c1cccc(F)c1. The number of benzene rings is 2. The molecule has 110 valence electrons. The Morgan fingerprint density at radius 2 is 2.00 bits per heavy atom. The van der Waals surface area contributed by atoms with Gasteiger partial charge in [-0.1, -0.05) is 30.3 Å². The number of rotatable bonds is 6. The zero-order valence-electron chi connectivity index (χ0n) is 11.9. The zero-order valence-corrected chi connectivity index (χ0v) is 12.8. The maximum atomic E-state index is 13.0. The largest absolute Gasteiger partial charge is 0.351 e. The topological polar surface area (TPSA) is 29.1 Å². The molecule has 0 fully saturated rings. The smallest absolute Gasteiger partial charge is 0.251 e. The Morgan fingerprint density at radius 1 is 1.19 bits per heavy atom. The fraction of sp³-hybridized carbons (Fsp3) is 0.235. The number of thioether (sulfide) groups is 1. The predicted octanol–water partition coefficient (Wildman–Crippen LogP) is 3.80. The van der Waals surface area contributed by atoms with Gasteiger partial charge in [0, 0.05) is 23.6 Å². The lowest BCUT2D eigenvalue weighted by atomic mass is 10.1. The van der Waals surface area contributed by atoms with E-state index in [1.807, 2.05) is 12.1 Å². The quantitative estimate of drug-likeness (QED) is 0.823. The van der Waals surface area contributed by atoms with Crippen LogP contribution in [0.2, 0.25) is 0 Å². The summed E-state index contributed by atoms with van der Waals surface area (Å²) in [5, 5.41) is 2.80. The van der Waals surface area contributed by atoms with Gasteiger partial charge >= 0.3 is 0 Å². The maximum Gasteiger partial charge on any atom is 0.251 e. The molecular formula is C17H18FNOS. The molecule has 0 unspecified atom stereocenters. The molecule has 0 radical (unpaired) electrons. The van der Waals surface area contributed by atoms with Crippen molar-refractivity contribution in [1.82, 2.24) is 5.32 Å². The summed E-state index contributed by atoms with van der Waals surface area (Å²) in [6, 6.07) is 14.0. The standard InChI is InChI=1S/C17H18FNOS/c1-13-5-2-3-6-15(13)12-21-10-9-19-17(20)14-7-4-8-16(18)11-14/h2-8,11H,9-10,12H2,1H3,(H,19,20). The van der Waals surface area contributed by atoms with Gasteiger partial charge in [-0.3, -0.25) is 4.79 Å². The third-order valence-electron chi connectivity index (χ3n) is 3.14. The van der Waals surface area contributed by atoms with Gasteiger partial charge in [-0.05, 0) is 36.2 Å². The molecule has 0 aliphatic carbocycles. The number of amides is 1. The van der Waals surface area contributed by atoms with E-state index in [2.05, 4.69) is 24.4 Å². The van der Waals surface area contributed by atoms with Crippen molar-refractivity contribution in [1.29, 1.82) is 0 Å². The monoisotopic (exact) mass is 303 g/mol. The van der Waals surface area contributed by atoms with Gasteiger partial charge in [0.15, 0.2) is 0 Å². The van der Waals surface area contributed by atoms with Crippen LogP contribution in [0.4, 0.5) is 4.39 Å². The van der Waals surface area contributed by atoms with Gasteiger partial charge in [0.05, 0.1) is 0 Å². The van der Waals surface area contributed by atoms with Gasteiger partial charge in [0.2, 0.25) is 0 Å². The molecule has 0 saturated heterocycles. The third kappa shape index (κ3) is 4.90. The van der Waals surface area contributed by atoms with Gasteiger partial charge in [-0.15, -0.1) is 0 Å². The minimum atomic E-state index is -0.392. The molecule has 0 aliphatic rings. The van der Waals surface area contributed by atoms with Crippen LogP contribution in [-0.2, 0) is 5.75 Å². The number of carbonyl (C=O) groups is 1. The second-order valence-corrected chi connectivity index (χ2v) is 5.85. The number of carbonyl (C=O) groups excluding carboxylic acids is 1. The molecule has 0 saturated carbocycles. The average molecular weight is 303 g/mol. The molecule has 4 heteroatoms. The Labute approximate surface area is 128 Å². The Bertz CT molecular complexity index is 615. The summed E-state index contributed by atoms with van der Waals surface area (Å²) in [6.07, 6.45) is 0. The fourth-order valence-electron chi connectivity index (χ4n) is 1.92. The summed E-state index contributed by atoms with van der Waals surface area (Å²) >= 11 is 1.77. The van der Waals surface area contributed by atoms with E-state index in [0.29, 0.717) is 12.1 Å². The Balaban J connectivity index is 1.70. The van der Waals surface area contributed by atoms with Crippen LogP contribution in [0.15, 0.2) is 48.5 Å². The van der Waals surface area contributed by atoms with E-state index in [1.165, 1.54) is 29.3 Å². The molecule has 1 N–H and O–H groups in total. The highest BCUT2D eigenvalue weighted by Gasteiger charge is 2.05. The molecule has 0 aliphatic heterocycles. The van der Waals surface area contributed by atoms with Crippen LogP contribution in [0.3, 0.4) is 0 Å². The lowest BCUT2D eigenvalue weighted by Crippen LogP contribution is -2.25. The van der Waals surface area contributed by atoms with Gasteiger partial charge < -0.3 is 5.32 Å². The molecule has 0 spiro atoms. The number of hydrogen-bond donors (Lipinski definition) is 1. The van der Waals surface area contributed by atoms with E-state index >= 15 is 0 Å². The lowest BCUT2D eigenvalue weighted by molar-refractivity contribution is 0.0955. The summed E-state index contributed by atoms with van der Waals surface area (Å²) < 4.78 is 13.0. The predicted molar refractivity (Wildman–Crippen MR) is 86.1 cm³/mol. The average Bonchev–Trinajstić information content (AvgIpc) is 2.48. The molecule has 0 atom stereocenters. The highest BCUT2D eigenvalue weighted by Crippen LogP contribution is 2.15. The first-order valence-electron chi connectivity index (χ1n) is 6.83. The first kappa shape index (κ1) is 15.6. The highest BCUT2D eigenvalue weighted by molar-refractivity contribution is 7.98. The van der Waals surface area contributed by atoms with E-state index in [0.717, 1.165) is 11.5 Å². The molecule has 2 aromatic carbocycles. The second kappa shape index (κ2) is 7.84. The molecular weight excluding hydrogens is 285 g/mol. The summed E-state index contributed by atoms with van der Waals surface area (Å²) in [6.45, 7) is 2.67. The zero-order chi connectivity index (χ0) is 15.1. The van der Waals surface area contributed by atoms with Crippen molar-refractivity contribution in [3.8, 4) is 0 Å². The van der Waals surface area contributed by atoms with Crippen LogP contribution in [-0.4, -0.2) is 18.2 Å². The highest BCUT2D eigenvalue weighted by atomic mass is 32.2. The van der Waals surface area contributed by atoms with Crippen molar-refractivity contribution in [2.24, 2.45) is 0 Å². The minimum Gasteiger partial charge on any atom is -0.351 e. The van der Waals surface area contributed by atoms with Gasteiger partial charge in [-0.25, -0.2) is 4.39 Å². The molecule has 2 aromatic rings. The molecule has 21 heavy (non-hydrogen) atoms. The summed E-state index contributed by atoms with van der Waals surface area (Å²) in [7, 11) is 0. The van der Waals surface area contributed by atoms with Crippen LogP contribution < -0.4 is 5.32 Å². The number of hydrogen-bond acceptors (Lipinski definition) is 2. The normalized spacial score (nSPS) is 10.4. The third-order valence-corrected chi connectivity index (χ3v) is 4.15. The Morgan fingerprint density at radius 3 is 2.76 bits per heavy atom. The van der Waals surface area contributed by atoms with E-state index in [-0.39, 0.29) is 5.91 Å². The fourth-order valence-corrected chi connectivity index (χ4v) is 2.86. The van der Waals surface area contributed by atoms with Crippen LogP contribution in [0.25, 0.3) is 0 Å². The van der Waals surface area contributed by atoms with E-state index in [9.17, 15) is 9.18 Å². The first-order chi connectivity index (χ1) is 10.2. The number of nitrogens with one attached hydrogen (secondary N) is 1. The van der Waals surface area contributed by atoms with Crippen molar-refractivity contribution in [2.75, 3.05) is 12.3 Å². The van der Waals surface area contributed by atoms with Gasteiger partial charge in [0.25, 0.3) is 5.91 Å². The van der Waals surface area contributed by atoms with E-state index in [4.69, 9.17) is 0 Å². The summed E-state index contributed by atoms with van der Waals surface area (Å²) in [5.41, 5.74) is 2.96. The van der Waals surface area contributed by atoms with Crippen molar-refractivity contribution in [3.63, 3.8) is 0 Å². The minimum absolute atomic E-state index is 0.231. The van der Waals surface area contributed by atoms with Crippen LogP contribution in [0, 0.1) is 12.7 Å². The van der Waals surface area contributed by atoms with Crippen LogP contribution >= 0.6 is 11.8 Å². The first-order valence-corrected chi connectivity index (χ1v) is 7.98.